The van der Waals surface area contributed by atoms with E-state index in [0.717, 1.165) is 0 Å². The van der Waals surface area contributed by atoms with Gasteiger partial charge >= 0.3 is 0 Å². The Hall–Kier alpha value is -2.06. The summed E-state index contributed by atoms with van der Waals surface area (Å²) in [5.74, 6) is 0.378. The normalized spacial score (nSPS) is 10.7. The van der Waals surface area contributed by atoms with Gasteiger partial charge in [0.1, 0.15) is 5.69 Å². The van der Waals surface area contributed by atoms with Crippen LogP contribution in [0.15, 0.2) is 30.0 Å². The highest BCUT2D eigenvalue weighted by Gasteiger charge is 2.07. The van der Waals surface area contributed by atoms with Gasteiger partial charge in [0, 0.05) is 6.54 Å². The summed E-state index contributed by atoms with van der Waals surface area (Å²) in [5, 5.41) is 12.0. The molecule has 0 saturated carbocycles. The number of hydrogen-bond acceptors (Lipinski definition) is 5. The van der Waals surface area contributed by atoms with Crippen molar-refractivity contribution in [2.45, 2.75) is 0 Å². The predicted molar refractivity (Wildman–Crippen MR) is 70.8 cm³/mol. The van der Waals surface area contributed by atoms with Gasteiger partial charge in [-0.3, -0.25) is 15.7 Å². The highest BCUT2D eigenvalue weighted by atomic mass is 32.1. The molecule has 1 rings (SSSR count). The summed E-state index contributed by atoms with van der Waals surface area (Å²) in [6, 6.07) is 0. The van der Waals surface area contributed by atoms with Gasteiger partial charge in [0.15, 0.2) is 10.9 Å². The van der Waals surface area contributed by atoms with Gasteiger partial charge in [-0.05, 0) is 12.2 Å². The zero-order valence-corrected chi connectivity index (χ0v) is 10.6. The van der Waals surface area contributed by atoms with E-state index in [2.05, 4.69) is 26.9 Å². The molecule has 8 heteroatoms. The van der Waals surface area contributed by atoms with Crippen LogP contribution in [0.3, 0.4) is 0 Å². The van der Waals surface area contributed by atoms with E-state index >= 15 is 0 Å². The van der Waals surface area contributed by atoms with E-state index in [0.29, 0.717) is 18.1 Å². The Kier molecular flexibility index (Phi) is 5.68. The maximum atomic E-state index is 9.02. The Bertz CT molecular complexity index is 463. The van der Waals surface area contributed by atoms with E-state index in [1.165, 1.54) is 19.5 Å². The average Bonchev–Trinajstić information content (AvgIpc) is 2.42. The number of nitrogens with one attached hydrogen (secondary N) is 2. The van der Waals surface area contributed by atoms with E-state index in [1.807, 2.05) is 5.48 Å². The zero-order valence-electron chi connectivity index (χ0n) is 9.75. The summed E-state index contributed by atoms with van der Waals surface area (Å²) >= 11 is 4.95. The second kappa shape index (κ2) is 7.30. The summed E-state index contributed by atoms with van der Waals surface area (Å²) in [6.07, 6.45) is 4.49. The van der Waals surface area contributed by atoms with Crippen LogP contribution in [0.1, 0.15) is 5.69 Å². The second-order valence-corrected chi connectivity index (χ2v) is 3.38. The highest BCUT2D eigenvalue weighted by molar-refractivity contribution is 7.80. The lowest BCUT2D eigenvalue weighted by atomic mass is 10.4. The molecule has 0 atom stereocenters. The van der Waals surface area contributed by atoms with Crippen molar-refractivity contribution in [3.63, 3.8) is 0 Å². The fourth-order valence-corrected chi connectivity index (χ4v) is 1.18. The van der Waals surface area contributed by atoms with E-state index in [1.54, 1.807) is 6.08 Å². The molecule has 0 fully saturated rings. The number of rotatable bonds is 4. The van der Waals surface area contributed by atoms with Crippen molar-refractivity contribution in [1.29, 1.82) is 0 Å². The molecule has 1 aromatic heterocycles. The summed E-state index contributed by atoms with van der Waals surface area (Å²) in [7, 11) is 1.47. The maximum absolute atomic E-state index is 9.02. The van der Waals surface area contributed by atoms with Crippen LogP contribution in [0.4, 0.5) is 0 Å². The molecular formula is C10H13N5O2S. The first-order valence-electron chi connectivity index (χ1n) is 4.95. The first kappa shape index (κ1) is 14.0. The Morgan fingerprint density at radius 2 is 2.44 bits per heavy atom. The van der Waals surface area contributed by atoms with Gasteiger partial charge in [-0.2, -0.15) is 4.99 Å². The number of amidine groups is 1. The molecule has 0 aromatic carbocycles. The van der Waals surface area contributed by atoms with E-state index in [-0.39, 0.29) is 10.9 Å². The van der Waals surface area contributed by atoms with Crippen LogP contribution < -0.4 is 15.5 Å². The number of ether oxygens (including phenoxy) is 1. The molecule has 7 nitrogen and oxygen atoms in total. The molecule has 0 radical (unpaired) electrons. The third-order valence-corrected chi connectivity index (χ3v) is 2.02. The lowest BCUT2D eigenvalue weighted by molar-refractivity contribution is 0.235. The summed E-state index contributed by atoms with van der Waals surface area (Å²) < 4.78 is 4.92. The van der Waals surface area contributed by atoms with Gasteiger partial charge in [-0.1, -0.05) is 6.08 Å². The lowest BCUT2D eigenvalue weighted by Gasteiger charge is -2.06. The molecule has 1 heterocycles. The van der Waals surface area contributed by atoms with Crippen LogP contribution in [0, 0.1) is 0 Å². The minimum atomic E-state index is 0.0722. The minimum absolute atomic E-state index is 0.0722. The predicted octanol–water partition coefficient (Wildman–Crippen LogP) is 0.271. The molecule has 3 N–H and O–H groups in total. The van der Waals surface area contributed by atoms with Crippen molar-refractivity contribution in [2.75, 3.05) is 13.7 Å². The molecule has 0 spiro atoms. The molecular weight excluding hydrogens is 254 g/mol. The summed E-state index contributed by atoms with van der Waals surface area (Å²) in [4.78, 5) is 11.9. The van der Waals surface area contributed by atoms with Crippen molar-refractivity contribution in [3.05, 3.63) is 30.7 Å². The molecule has 96 valence electrons. The quantitative estimate of drug-likeness (QED) is 0.237. The Balaban J connectivity index is 2.90. The molecule has 0 aliphatic carbocycles. The molecule has 18 heavy (non-hydrogen) atoms. The number of thiocarbonyl (C=S) groups is 1. The lowest BCUT2D eigenvalue weighted by Crippen LogP contribution is -2.27. The van der Waals surface area contributed by atoms with Crippen molar-refractivity contribution < 1.29 is 9.94 Å². The zero-order chi connectivity index (χ0) is 13.4. The van der Waals surface area contributed by atoms with Crippen LogP contribution in [-0.2, 0) is 0 Å². The van der Waals surface area contributed by atoms with Crippen LogP contribution in [0.5, 0.6) is 5.88 Å². The van der Waals surface area contributed by atoms with Crippen LogP contribution >= 0.6 is 12.2 Å². The van der Waals surface area contributed by atoms with Crippen molar-refractivity contribution >= 4 is 23.2 Å². The molecule has 0 aliphatic heterocycles. The Labute approximate surface area is 110 Å². The number of hydroxylamine groups is 1. The van der Waals surface area contributed by atoms with Gasteiger partial charge in [-0.15, -0.1) is 6.58 Å². The van der Waals surface area contributed by atoms with E-state index < -0.39 is 0 Å². The van der Waals surface area contributed by atoms with Gasteiger partial charge in [-0.25, -0.2) is 4.98 Å². The minimum Gasteiger partial charge on any atom is -0.480 e. The average molecular weight is 267 g/mol. The summed E-state index contributed by atoms with van der Waals surface area (Å²) in [5.41, 5.74) is 2.22. The largest absolute Gasteiger partial charge is 0.480 e. The topological polar surface area (TPSA) is 91.7 Å². The van der Waals surface area contributed by atoms with Crippen LogP contribution in [-0.4, -0.2) is 39.8 Å². The van der Waals surface area contributed by atoms with Gasteiger partial charge in [0.05, 0.1) is 19.5 Å². The third-order valence-electron chi connectivity index (χ3n) is 1.78. The van der Waals surface area contributed by atoms with E-state index in [9.17, 15) is 0 Å². The standard InChI is InChI=1S/C10H13N5O2S/c1-3-4-12-10(18)14-9(15-16)7-5-11-6-8(13-7)17-2/h3,5-6,16H,1,4H2,2H3,(H2,12,14,15,18). The molecule has 0 unspecified atom stereocenters. The fourth-order valence-electron chi connectivity index (χ4n) is 1.00. The highest BCUT2D eigenvalue weighted by Crippen LogP contribution is 2.04. The summed E-state index contributed by atoms with van der Waals surface area (Å²) in [6.45, 7) is 4.02. The fraction of sp³-hybridized carbons (Fsp3) is 0.200. The van der Waals surface area contributed by atoms with Gasteiger partial charge < -0.3 is 10.1 Å². The SMILES string of the molecule is C=CCNC(=S)/N=C(\NO)c1cncc(OC)n1. The monoisotopic (exact) mass is 267 g/mol. The number of nitrogens with zero attached hydrogens (tertiary/aromatic N) is 3. The second-order valence-electron chi connectivity index (χ2n) is 2.99. The first-order chi connectivity index (χ1) is 8.71. The van der Waals surface area contributed by atoms with Crippen molar-refractivity contribution in [2.24, 2.45) is 4.99 Å². The molecule has 1 aromatic rings. The van der Waals surface area contributed by atoms with E-state index in [4.69, 9.17) is 22.2 Å². The maximum Gasteiger partial charge on any atom is 0.232 e. The molecule has 0 bridgehead atoms. The number of aromatic nitrogens is 2. The van der Waals surface area contributed by atoms with Crippen LogP contribution in [0.25, 0.3) is 0 Å². The smallest absolute Gasteiger partial charge is 0.232 e. The molecule has 0 aliphatic rings. The molecule has 0 saturated heterocycles. The van der Waals surface area contributed by atoms with Crippen LogP contribution in [0.2, 0.25) is 0 Å². The molecule has 0 amide bonds. The van der Waals surface area contributed by atoms with Gasteiger partial charge in [0.2, 0.25) is 5.88 Å². The Morgan fingerprint density at radius 1 is 1.67 bits per heavy atom. The van der Waals surface area contributed by atoms with Crippen molar-refractivity contribution in [3.8, 4) is 5.88 Å². The number of methoxy groups -OCH3 is 1. The first-order valence-corrected chi connectivity index (χ1v) is 5.36. The third kappa shape index (κ3) is 4.07. The number of hydrogen-bond donors (Lipinski definition) is 3. The van der Waals surface area contributed by atoms with Gasteiger partial charge in [0.25, 0.3) is 0 Å². The Morgan fingerprint density at radius 3 is 3.06 bits per heavy atom. The van der Waals surface area contributed by atoms with Crippen molar-refractivity contribution in [1.82, 2.24) is 20.8 Å². The number of aliphatic imine (C=N–C) groups is 1.